The quantitative estimate of drug-likeness (QED) is 0.707. The first kappa shape index (κ1) is 20.1. The van der Waals surface area contributed by atoms with E-state index < -0.39 is 17.4 Å². The van der Waals surface area contributed by atoms with Gasteiger partial charge in [0.1, 0.15) is 5.69 Å². The maximum absolute atomic E-state index is 13.0. The molecule has 3 aromatic rings. The maximum atomic E-state index is 13.0. The number of likely N-dealkylation sites (tertiary alicyclic amines) is 1. The number of aromatic amines is 1. The Balaban J connectivity index is 1.62. The number of hydrogen-bond acceptors (Lipinski definition) is 4. The van der Waals surface area contributed by atoms with Crippen molar-refractivity contribution in [1.29, 1.82) is 0 Å². The van der Waals surface area contributed by atoms with Gasteiger partial charge >= 0.3 is 6.18 Å². The predicted octanol–water partition coefficient (Wildman–Crippen LogP) is 3.18. The number of aryl methyl sites for hydroxylation is 1. The number of hydrogen-bond donors (Lipinski definition) is 1. The number of nitrogens with zero attached hydrogens (tertiary/aromatic N) is 4. The van der Waals surface area contributed by atoms with E-state index >= 15 is 0 Å². The minimum absolute atomic E-state index is 0.00347. The van der Waals surface area contributed by atoms with E-state index in [0.29, 0.717) is 43.7 Å². The fourth-order valence-electron chi connectivity index (χ4n) is 3.78. The number of fused-ring (bicyclic) bond motifs is 1. The van der Waals surface area contributed by atoms with E-state index in [-0.39, 0.29) is 22.7 Å². The van der Waals surface area contributed by atoms with Gasteiger partial charge < -0.3 is 9.88 Å². The van der Waals surface area contributed by atoms with E-state index in [2.05, 4.69) is 15.1 Å². The van der Waals surface area contributed by atoms with Gasteiger partial charge in [0.2, 0.25) is 0 Å². The van der Waals surface area contributed by atoms with Gasteiger partial charge in [-0.2, -0.15) is 18.3 Å². The average molecular weight is 419 g/mol. The van der Waals surface area contributed by atoms with E-state index in [9.17, 15) is 22.8 Å². The summed E-state index contributed by atoms with van der Waals surface area (Å²) in [5.74, 6) is -0.350. The lowest BCUT2D eigenvalue weighted by Gasteiger charge is -2.32. The van der Waals surface area contributed by atoms with Crippen LogP contribution < -0.4 is 5.56 Å². The number of alkyl halides is 3. The lowest BCUT2D eigenvalue weighted by Crippen LogP contribution is -2.39. The van der Waals surface area contributed by atoms with Crippen molar-refractivity contribution in [1.82, 2.24) is 24.6 Å². The van der Waals surface area contributed by atoms with Crippen molar-refractivity contribution >= 4 is 16.8 Å². The number of rotatable bonds is 3. The Hall–Kier alpha value is -3.17. The highest BCUT2D eigenvalue weighted by atomic mass is 19.4. The molecule has 4 heterocycles. The molecule has 1 fully saturated rings. The average Bonchev–Trinajstić information content (AvgIpc) is 3.21. The number of halogens is 3. The summed E-state index contributed by atoms with van der Waals surface area (Å²) in [5.41, 5.74) is -0.561. The van der Waals surface area contributed by atoms with Crippen LogP contribution in [-0.4, -0.2) is 43.6 Å². The smallest absolute Gasteiger partial charge is 0.338 e. The van der Waals surface area contributed by atoms with Crippen LogP contribution in [0.4, 0.5) is 13.2 Å². The van der Waals surface area contributed by atoms with Gasteiger partial charge in [-0.05, 0) is 38.0 Å². The Kier molecular flexibility index (Phi) is 5.08. The molecule has 1 aliphatic rings. The zero-order chi connectivity index (χ0) is 21.5. The number of carbonyl (C=O) groups excluding carboxylic acids is 1. The third-order valence-corrected chi connectivity index (χ3v) is 5.36. The number of aromatic nitrogens is 4. The Bertz CT molecular complexity index is 1150. The molecular formula is C20H20F3N5O2. The largest absolute Gasteiger partial charge is 0.433 e. The fraction of sp³-hybridized carbons (Fsp3) is 0.400. The Labute approximate surface area is 169 Å². The van der Waals surface area contributed by atoms with Crippen LogP contribution in [0.15, 0.2) is 35.4 Å². The number of H-pyrrole nitrogens is 1. The van der Waals surface area contributed by atoms with Gasteiger partial charge in [0.05, 0.1) is 22.7 Å². The highest BCUT2D eigenvalue weighted by Crippen LogP contribution is 2.30. The molecule has 158 valence electrons. The summed E-state index contributed by atoms with van der Waals surface area (Å²) in [6, 6.07) is 3.42. The standard InChI is InChI=1S/C20H20F3N5O2/c1-2-28-11-13(9-24-28)19(30)27-7-3-4-12(10-27)15-8-16-14(18(29)26-15)5-6-17(25-16)20(21,22)23/h5-6,8-9,11-12H,2-4,7,10H2,1H3,(H,26,29). The molecule has 1 amide bonds. The van der Waals surface area contributed by atoms with Gasteiger partial charge in [-0.25, -0.2) is 4.98 Å². The Morgan fingerprint density at radius 1 is 1.33 bits per heavy atom. The molecule has 0 spiro atoms. The molecule has 0 saturated carbocycles. The van der Waals surface area contributed by atoms with Gasteiger partial charge in [-0.3, -0.25) is 14.3 Å². The normalized spacial score (nSPS) is 17.5. The van der Waals surface area contributed by atoms with Gasteiger partial charge in [-0.1, -0.05) is 0 Å². The zero-order valence-corrected chi connectivity index (χ0v) is 16.2. The SMILES string of the molecule is CCn1cc(C(=O)N2CCCC(c3cc4nc(C(F)(F)F)ccc4c(=O)[nH]3)C2)cn1. The van der Waals surface area contributed by atoms with Crippen molar-refractivity contribution in [2.45, 2.75) is 38.4 Å². The summed E-state index contributed by atoms with van der Waals surface area (Å²) >= 11 is 0. The first-order valence-electron chi connectivity index (χ1n) is 9.69. The third kappa shape index (κ3) is 3.81. The highest BCUT2D eigenvalue weighted by Gasteiger charge is 2.33. The van der Waals surface area contributed by atoms with Crippen molar-refractivity contribution < 1.29 is 18.0 Å². The van der Waals surface area contributed by atoms with Gasteiger partial charge in [0.15, 0.2) is 0 Å². The third-order valence-electron chi connectivity index (χ3n) is 5.36. The van der Waals surface area contributed by atoms with Crippen molar-refractivity contribution in [3.8, 4) is 0 Å². The number of nitrogens with one attached hydrogen (secondary N) is 1. The summed E-state index contributed by atoms with van der Waals surface area (Å²) < 4.78 is 40.7. The van der Waals surface area contributed by atoms with Crippen LogP contribution in [0.25, 0.3) is 10.9 Å². The van der Waals surface area contributed by atoms with E-state index in [0.717, 1.165) is 12.1 Å². The number of carbonyl (C=O) groups is 1. The van der Waals surface area contributed by atoms with Crippen LogP contribution in [-0.2, 0) is 12.7 Å². The topological polar surface area (TPSA) is 83.9 Å². The van der Waals surface area contributed by atoms with E-state index in [1.807, 2.05) is 6.92 Å². The molecule has 1 saturated heterocycles. The molecule has 1 atom stereocenters. The minimum atomic E-state index is -4.59. The van der Waals surface area contributed by atoms with Crippen LogP contribution in [0.2, 0.25) is 0 Å². The molecule has 0 radical (unpaired) electrons. The van der Waals surface area contributed by atoms with Crippen LogP contribution in [0.5, 0.6) is 0 Å². The molecule has 10 heteroatoms. The van der Waals surface area contributed by atoms with Crippen molar-refractivity contribution in [3.05, 3.63) is 57.9 Å². The second kappa shape index (κ2) is 7.58. The predicted molar refractivity (Wildman–Crippen MR) is 103 cm³/mol. The molecule has 0 aliphatic carbocycles. The molecule has 7 nitrogen and oxygen atoms in total. The second-order valence-electron chi connectivity index (χ2n) is 7.36. The Morgan fingerprint density at radius 3 is 2.83 bits per heavy atom. The van der Waals surface area contributed by atoms with Crippen LogP contribution in [0.1, 0.15) is 47.4 Å². The molecule has 1 unspecified atom stereocenters. The molecule has 0 bridgehead atoms. The van der Waals surface area contributed by atoms with Crippen LogP contribution in [0.3, 0.4) is 0 Å². The van der Waals surface area contributed by atoms with E-state index in [1.165, 1.54) is 12.3 Å². The summed E-state index contributed by atoms with van der Waals surface area (Å²) in [7, 11) is 0. The second-order valence-corrected chi connectivity index (χ2v) is 7.36. The number of piperidine rings is 1. The summed E-state index contributed by atoms with van der Waals surface area (Å²) in [6.07, 6.45) is 0.0448. The van der Waals surface area contributed by atoms with Gasteiger partial charge in [0, 0.05) is 37.4 Å². The first-order valence-corrected chi connectivity index (χ1v) is 9.69. The number of pyridine rings is 2. The van der Waals surface area contributed by atoms with Crippen molar-refractivity contribution in [2.75, 3.05) is 13.1 Å². The summed E-state index contributed by atoms with van der Waals surface area (Å²) in [5, 5.41) is 4.22. The lowest BCUT2D eigenvalue weighted by molar-refractivity contribution is -0.140. The van der Waals surface area contributed by atoms with Crippen molar-refractivity contribution in [2.24, 2.45) is 0 Å². The molecule has 30 heavy (non-hydrogen) atoms. The van der Waals surface area contributed by atoms with Gasteiger partial charge in [-0.15, -0.1) is 0 Å². The summed E-state index contributed by atoms with van der Waals surface area (Å²) in [4.78, 5) is 33.3. The maximum Gasteiger partial charge on any atom is 0.433 e. The summed E-state index contributed by atoms with van der Waals surface area (Å²) in [6.45, 7) is 3.51. The molecule has 3 aromatic heterocycles. The highest BCUT2D eigenvalue weighted by molar-refractivity contribution is 5.93. The Morgan fingerprint density at radius 2 is 2.13 bits per heavy atom. The van der Waals surface area contributed by atoms with Crippen LogP contribution in [0, 0.1) is 0 Å². The first-order chi connectivity index (χ1) is 14.3. The minimum Gasteiger partial charge on any atom is -0.338 e. The lowest BCUT2D eigenvalue weighted by atomic mass is 9.93. The fourth-order valence-corrected chi connectivity index (χ4v) is 3.78. The van der Waals surface area contributed by atoms with Crippen LogP contribution >= 0.6 is 0 Å². The van der Waals surface area contributed by atoms with E-state index in [1.54, 1.807) is 15.8 Å². The number of amides is 1. The molecule has 1 aliphatic heterocycles. The zero-order valence-electron chi connectivity index (χ0n) is 16.2. The monoisotopic (exact) mass is 419 g/mol. The van der Waals surface area contributed by atoms with Crippen molar-refractivity contribution in [3.63, 3.8) is 0 Å². The van der Waals surface area contributed by atoms with E-state index in [4.69, 9.17) is 0 Å². The molecular weight excluding hydrogens is 399 g/mol. The molecule has 4 rings (SSSR count). The molecule has 1 N–H and O–H groups in total. The van der Waals surface area contributed by atoms with Gasteiger partial charge in [0.25, 0.3) is 11.5 Å². The molecule has 0 aromatic carbocycles.